The summed E-state index contributed by atoms with van der Waals surface area (Å²) in [7, 11) is 1.90. The lowest BCUT2D eigenvalue weighted by Gasteiger charge is -2.34. The maximum absolute atomic E-state index is 13.1. The zero-order valence-electron chi connectivity index (χ0n) is 15.4. The highest BCUT2D eigenvalue weighted by Crippen LogP contribution is 2.24. The molecule has 4 rings (SSSR count). The molecule has 3 aromatic rings. The van der Waals surface area contributed by atoms with Crippen LogP contribution in [0.5, 0.6) is 0 Å². The first-order chi connectivity index (χ1) is 13.2. The number of benzene rings is 1. The number of aryl methyl sites for hydroxylation is 1. The molecule has 0 unspecified atom stereocenters. The quantitative estimate of drug-likeness (QED) is 0.651. The Morgan fingerprint density at radius 2 is 1.78 bits per heavy atom. The van der Waals surface area contributed by atoms with Gasteiger partial charge in [0.1, 0.15) is 10.8 Å². The minimum absolute atomic E-state index is 0.215. The molecule has 3 heterocycles. The van der Waals surface area contributed by atoms with Crippen LogP contribution in [0, 0.1) is 5.82 Å². The highest BCUT2D eigenvalue weighted by atomic mass is 32.1. The van der Waals surface area contributed by atoms with E-state index in [1.54, 1.807) is 28.2 Å². The zero-order valence-corrected chi connectivity index (χ0v) is 16.2. The summed E-state index contributed by atoms with van der Waals surface area (Å²) in [5.74, 6) is -0.215. The van der Waals surface area contributed by atoms with Gasteiger partial charge in [0.25, 0.3) is 0 Å². The largest absolute Gasteiger partial charge is 0.300 e. The second-order valence-corrected chi connectivity index (χ2v) is 7.76. The van der Waals surface area contributed by atoms with Crippen LogP contribution in [0.3, 0.4) is 0 Å². The molecule has 0 saturated carbocycles. The summed E-state index contributed by atoms with van der Waals surface area (Å²) in [6.45, 7) is 6.12. The maximum Gasteiger partial charge on any atom is 0.123 e. The lowest BCUT2D eigenvalue weighted by atomic mass is 10.2. The van der Waals surface area contributed by atoms with E-state index in [-0.39, 0.29) is 5.82 Å². The Bertz CT molecular complexity index is 866. The van der Waals surface area contributed by atoms with Gasteiger partial charge in [-0.3, -0.25) is 9.58 Å². The van der Waals surface area contributed by atoms with Gasteiger partial charge >= 0.3 is 0 Å². The van der Waals surface area contributed by atoms with Crippen LogP contribution in [0.2, 0.25) is 0 Å². The van der Waals surface area contributed by atoms with Crippen molar-refractivity contribution in [3.05, 3.63) is 53.0 Å². The monoisotopic (exact) mass is 386 g/mol. The van der Waals surface area contributed by atoms with E-state index in [9.17, 15) is 4.39 Å². The Balaban J connectivity index is 1.25. The van der Waals surface area contributed by atoms with E-state index < -0.39 is 0 Å². The SMILES string of the molecule is Cn1cc(CCN2CCN(Cc3csc(-c4ccc(F)cc4)n3)CC2)nn1. The van der Waals surface area contributed by atoms with Crippen molar-refractivity contribution in [1.29, 1.82) is 0 Å². The van der Waals surface area contributed by atoms with Gasteiger partial charge in [-0.2, -0.15) is 0 Å². The van der Waals surface area contributed by atoms with Gasteiger partial charge in [-0.1, -0.05) is 5.21 Å². The normalized spacial score (nSPS) is 16.1. The average molecular weight is 387 g/mol. The number of rotatable bonds is 6. The van der Waals surface area contributed by atoms with Crippen LogP contribution in [0.15, 0.2) is 35.8 Å². The standard InChI is InChI=1S/C19H23FN6S/c1-24-12-17(22-23-24)6-7-25-8-10-26(11-9-25)13-18-14-27-19(21-18)15-2-4-16(20)5-3-15/h2-5,12,14H,6-11,13H2,1H3. The van der Waals surface area contributed by atoms with Gasteiger partial charge in [-0.15, -0.1) is 16.4 Å². The zero-order chi connectivity index (χ0) is 18.6. The molecule has 0 N–H and O–H groups in total. The van der Waals surface area contributed by atoms with E-state index >= 15 is 0 Å². The fourth-order valence-electron chi connectivity index (χ4n) is 3.29. The number of halogens is 1. The van der Waals surface area contributed by atoms with Crippen molar-refractivity contribution < 1.29 is 4.39 Å². The Hall–Kier alpha value is -2.16. The van der Waals surface area contributed by atoms with Gasteiger partial charge in [0, 0.05) is 69.9 Å². The van der Waals surface area contributed by atoms with Crippen LogP contribution in [0.1, 0.15) is 11.4 Å². The molecular weight excluding hydrogens is 363 g/mol. The van der Waals surface area contributed by atoms with Crippen molar-refractivity contribution in [3.63, 3.8) is 0 Å². The summed E-state index contributed by atoms with van der Waals surface area (Å²) < 4.78 is 14.8. The highest BCUT2D eigenvalue weighted by Gasteiger charge is 2.18. The molecule has 8 heteroatoms. The van der Waals surface area contributed by atoms with Crippen LogP contribution in [0.4, 0.5) is 4.39 Å². The first-order valence-electron chi connectivity index (χ1n) is 9.16. The minimum Gasteiger partial charge on any atom is -0.300 e. The third-order valence-electron chi connectivity index (χ3n) is 4.83. The van der Waals surface area contributed by atoms with Gasteiger partial charge in [0.05, 0.1) is 11.4 Å². The molecule has 1 saturated heterocycles. The summed E-state index contributed by atoms with van der Waals surface area (Å²) in [6, 6.07) is 6.54. The predicted molar refractivity (Wildman–Crippen MR) is 104 cm³/mol. The van der Waals surface area contributed by atoms with Gasteiger partial charge in [-0.05, 0) is 24.3 Å². The van der Waals surface area contributed by atoms with Crippen LogP contribution in [0.25, 0.3) is 10.6 Å². The molecular formula is C19H23FN6S. The molecule has 1 fully saturated rings. The Morgan fingerprint density at radius 1 is 1.04 bits per heavy atom. The molecule has 0 radical (unpaired) electrons. The summed E-state index contributed by atoms with van der Waals surface area (Å²) in [5.41, 5.74) is 3.12. The topological polar surface area (TPSA) is 50.1 Å². The Labute approximate surface area is 162 Å². The molecule has 0 spiro atoms. The highest BCUT2D eigenvalue weighted by molar-refractivity contribution is 7.13. The van der Waals surface area contributed by atoms with Crippen molar-refractivity contribution in [2.75, 3.05) is 32.7 Å². The molecule has 0 atom stereocenters. The second-order valence-electron chi connectivity index (χ2n) is 6.90. The third-order valence-corrected chi connectivity index (χ3v) is 5.77. The molecule has 27 heavy (non-hydrogen) atoms. The first-order valence-corrected chi connectivity index (χ1v) is 10.0. The molecule has 142 valence electrons. The molecule has 1 aliphatic rings. The van der Waals surface area contributed by atoms with Crippen LogP contribution in [-0.2, 0) is 20.0 Å². The fraction of sp³-hybridized carbons (Fsp3) is 0.421. The fourth-order valence-corrected chi connectivity index (χ4v) is 4.10. The van der Waals surface area contributed by atoms with Crippen molar-refractivity contribution >= 4 is 11.3 Å². The Morgan fingerprint density at radius 3 is 2.48 bits per heavy atom. The van der Waals surface area contributed by atoms with E-state index in [1.807, 2.05) is 13.2 Å². The smallest absolute Gasteiger partial charge is 0.123 e. The average Bonchev–Trinajstić information content (AvgIpc) is 3.31. The number of hydrogen-bond acceptors (Lipinski definition) is 6. The molecule has 2 aromatic heterocycles. The van der Waals surface area contributed by atoms with Gasteiger partial charge in [0.15, 0.2) is 0 Å². The van der Waals surface area contributed by atoms with E-state index in [0.717, 1.165) is 67.6 Å². The summed E-state index contributed by atoms with van der Waals surface area (Å²) in [6.07, 6.45) is 2.93. The van der Waals surface area contributed by atoms with Crippen molar-refractivity contribution in [1.82, 2.24) is 29.8 Å². The lowest BCUT2D eigenvalue weighted by molar-refractivity contribution is 0.127. The minimum atomic E-state index is -0.215. The van der Waals surface area contributed by atoms with Gasteiger partial charge < -0.3 is 4.90 Å². The van der Waals surface area contributed by atoms with E-state index in [0.29, 0.717) is 0 Å². The Kier molecular flexibility index (Phi) is 5.56. The van der Waals surface area contributed by atoms with E-state index in [1.165, 1.54) is 12.1 Å². The van der Waals surface area contributed by atoms with E-state index in [2.05, 4.69) is 25.5 Å². The van der Waals surface area contributed by atoms with Crippen LogP contribution < -0.4 is 0 Å². The van der Waals surface area contributed by atoms with Crippen molar-refractivity contribution in [2.24, 2.45) is 7.05 Å². The van der Waals surface area contributed by atoms with Crippen LogP contribution >= 0.6 is 11.3 Å². The van der Waals surface area contributed by atoms with Gasteiger partial charge in [-0.25, -0.2) is 9.37 Å². The number of hydrogen-bond donors (Lipinski definition) is 0. The molecule has 1 aromatic carbocycles. The molecule has 0 amide bonds. The number of nitrogens with zero attached hydrogens (tertiary/aromatic N) is 6. The van der Waals surface area contributed by atoms with E-state index in [4.69, 9.17) is 4.98 Å². The number of thiazole rings is 1. The molecule has 0 aliphatic carbocycles. The second kappa shape index (κ2) is 8.24. The molecule has 6 nitrogen and oxygen atoms in total. The third kappa shape index (κ3) is 4.77. The van der Waals surface area contributed by atoms with Crippen LogP contribution in [-0.4, -0.2) is 62.5 Å². The van der Waals surface area contributed by atoms with Gasteiger partial charge in [0.2, 0.25) is 0 Å². The van der Waals surface area contributed by atoms with Crippen molar-refractivity contribution in [3.8, 4) is 10.6 Å². The number of aromatic nitrogens is 4. The first kappa shape index (κ1) is 18.2. The summed E-state index contributed by atoms with van der Waals surface area (Å²) >= 11 is 1.62. The van der Waals surface area contributed by atoms with Crippen molar-refractivity contribution in [2.45, 2.75) is 13.0 Å². The maximum atomic E-state index is 13.1. The lowest BCUT2D eigenvalue weighted by Crippen LogP contribution is -2.46. The summed E-state index contributed by atoms with van der Waals surface area (Å²) in [5, 5.41) is 11.2. The summed E-state index contributed by atoms with van der Waals surface area (Å²) in [4.78, 5) is 9.65. The predicted octanol–water partition coefficient (Wildman–Crippen LogP) is 2.44. The molecule has 1 aliphatic heterocycles. The molecule has 0 bridgehead atoms. The number of piperazine rings is 1.